The van der Waals surface area contributed by atoms with Crippen LogP contribution in [0.25, 0.3) is 0 Å². The molecule has 2 N–H and O–H groups in total. The molecule has 0 aromatic heterocycles. The topological polar surface area (TPSA) is 61.4 Å². The lowest BCUT2D eigenvalue weighted by molar-refractivity contribution is 0.0993. The van der Waals surface area contributed by atoms with Crippen LogP contribution in [0, 0.1) is 6.92 Å². The van der Waals surface area contributed by atoms with Crippen molar-refractivity contribution in [2.45, 2.75) is 13.5 Å². The van der Waals surface area contributed by atoms with E-state index in [-0.39, 0.29) is 11.9 Å². The monoisotopic (exact) mass is 407 g/mol. The summed E-state index contributed by atoms with van der Waals surface area (Å²) in [6, 6.07) is 21.5. The lowest BCUT2D eigenvalue weighted by atomic mass is 10.1. The molecule has 0 unspecified atom stereocenters. The number of hydrogen-bond donors (Lipinski definition) is 2. The van der Waals surface area contributed by atoms with Crippen molar-refractivity contribution in [2.75, 3.05) is 17.3 Å². The maximum absolute atomic E-state index is 12.6. The molecule has 5 nitrogen and oxygen atoms in total. The van der Waals surface area contributed by atoms with E-state index in [9.17, 15) is 9.59 Å². The molecule has 0 fully saturated rings. The number of nitrogens with one attached hydrogen (secondary N) is 2. The normalized spacial score (nSPS) is 10.3. The Kier molecular flexibility index (Phi) is 6.52. The summed E-state index contributed by atoms with van der Waals surface area (Å²) in [5.74, 6) is -0.140. The van der Waals surface area contributed by atoms with Crippen LogP contribution < -0.4 is 15.5 Å². The van der Waals surface area contributed by atoms with E-state index in [4.69, 9.17) is 11.6 Å². The molecular formula is C23H22ClN3O2. The summed E-state index contributed by atoms with van der Waals surface area (Å²) in [6.07, 6.45) is 0. The molecule has 0 bridgehead atoms. The Morgan fingerprint density at radius 2 is 1.66 bits per heavy atom. The first-order chi connectivity index (χ1) is 13.9. The molecule has 0 saturated heterocycles. The quantitative estimate of drug-likeness (QED) is 0.607. The molecule has 3 rings (SSSR count). The Labute approximate surface area is 175 Å². The number of urea groups is 1. The highest BCUT2D eigenvalue weighted by Crippen LogP contribution is 2.20. The van der Waals surface area contributed by atoms with Gasteiger partial charge in [0.25, 0.3) is 5.91 Å². The molecule has 3 aromatic rings. The number of anilines is 2. The Bertz CT molecular complexity index is 1000. The first-order valence-corrected chi connectivity index (χ1v) is 9.54. The van der Waals surface area contributed by atoms with Crippen LogP contribution in [-0.4, -0.2) is 19.0 Å². The highest BCUT2D eigenvalue weighted by atomic mass is 35.5. The third kappa shape index (κ3) is 5.59. The summed E-state index contributed by atoms with van der Waals surface area (Å²) in [5, 5.41) is 6.21. The fourth-order valence-corrected chi connectivity index (χ4v) is 2.98. The maximum atomic E-state index is 12.6. The van der Waals surface area contributed by atoms with E-state index in [0.29, 0.717) is 22.8 Å². The SMILES string of the molecule is Cc1cccc(CNC(=O)Nc2ccc(N(C)C(=O)c3ccc(Cl)cc3)cc2)c1. The van der Waals surface area contributed by atoms with Gasteiger partial charge in [-0.1, -0.05) is 41.4 Å². The minimum absolute atomic E-state index is 0.140. The molecule has 0 saturated carbocycles. The maximum Gasteiger partial charge on any atom is 0.319 e. The number of nitrogens with zero attached hydrogens (tertiary/aromatic N) is 1. The van der Waals surface area contributed by atoms with Crippen molar-refractivity contribution in [2.24, 2.45) is 0 Å². The highest BCUT2D eigenvalue weighted by molar-refractivity contribution is 6.30. The van der Waals surface area contributed by atoms with E-state index in [0.717, 1.165) is 16.8 Å². The van der Waals surface area contributed by atoms with Gasteiger partial charge < -0.3 is 15.5 Å². The molecule has 3 aromatic carbocycles. The van der Waals surface area contributed by atoms with Gasteiger partial charge in [0, 0.05) is 35.6 Å². The number of carbonyl (C=O) groups excluding carboxylic acids is 2. The van der Waals surface area contributed by atoms with E-state index in [1.54, 1.807) is 60.5 Å². The lowest BCUT2D eigenvalue weighted by Crippen LogP contribution is -2.28. The summed E-state index contributed by atoms with van der Waals surface area (Å²) in [5.41, 5.74) is 4.10. The van der Waals surface area contributed by atoms with Crippen LogP contribution in [0.3, 0.4) is 0 Å². The van der Waals surface area contributed by atoms with Gasteiger partial charge in [0.1, 0.15) is 0 Å². The van der Waals surface area contributed by atoms with E-state index in [1.807, 2.05) is 31.2 Å². The van der Waals surface area contributed by atoms with Crippen LogP contribution in [0.5, 0.6) is 0 Å². The fraction of sp³-hybridized carbons (Fsp3) is 0.130. The second-order valence-corrected chi connectivity index (χ2v) is 7.15. The summed E-state index contributed by atoms with van der Waals surface area (Å²) in [6.45, 7) is 2.46. The van der Waals surface area contributed by atoms with Gasteiger partial charge in [-0.2, -0.15) is 0 Å². The van der Waals surface area contributed by atoms with Gasteiger partial charge in [0.2, 0.25) is 0 Å². The number of aryl methyl sites for hydroxylation is 1. The zero-order valence-corrected chi connectivity index (χ0v) is 17.0. The summed E-state index contributed by atoms with van der Waals surface area (Å²) < 4.78 is 0. The average molecular weight is 408 g/mol. The second-order valence-electron chi connectivity index (χ2n) is 6.71. The Morgan fingerprint density at radius 3 is 2.31 bits per heavy atom. The number of halogens is 1. The molecular weight excluding hydrogens is 386 g/mol. The summed E-state index contributed by atoms with van der Waals surface area (Å²) >= 11 is 5.87. The van der Waals surface area contributed by atoms with Crippen LogP contribution in [0.15, 0.2) is 72.8 Å². The molecule has 0 aliphatic carbocycles. The van der Waals surface area contributed by atoms with Gasteiger partial charge in [0.15, 0.2) is 0 Å². The molecule has 0 spiro atoms. The van der Waals surface area contributed by atoms with E-state index >= 15 is 0 Å². The largest absolute Gasteiger partial charge is 0.334 e. The van der Waals surface area contributed by atoms with Gasteiger partial charge in [-0.15, -0.1) is 0 Å². The molecule has 0 aliphatic heterocycles. The first kappa shape index (κ1) is 20.4. The van der Waals surface area contributed by atoms with Crippen LogP contribution >= 0.6 is 11.6 Å². The first-order valence-electron chi connectivity index (χ1n) is 9.16. The van der Waals surface area contributed by atoms with Crippen molar-refractivity contribution in [1.82, 2.24) is 5.32 Å². The lowest BCUT2D eigenvalue weighted by Gasteiger charge is -2.18. The Morgan fingerprint density at radius 1 is 0.966 bits per heavy atom. The van der Waals surface area contributed by atoms with Gasteiger partial charge in [-0.25, -0.2) is 4.79 Å². The number of rotatable bonds is 5. The zero-order valence-electron chi connectivity index (χ0n) is 16.3. The van der Waals surface area contributed by atoms with Crippen molar-refractivity contribution in [3.8, 4) is 0 Å². The van der Waals surface area contributed by atoms with E-state index in [1.165, 1.54) is 0 Å². The molecule has 0 atom stereocenters. The summed E-state index contributed by atoms with van der Waals surface area (Å²) in [4.78, 5) is 26.2. The third-order valence-corrected chi connectivity index (χ3v) is 4.70. The zero-order chi connectivity index (χ0) is 20.8. The molecule has 3 amide bonds. The van der Waals surface area contributed by atoms with Crippen molar-refractivity contribution >= 4 is 34.9 Å². The third-order valence-electron chi connectivity index (χ3n) is 4.44. The average Bonchev–Trinajstić information content (AvgIpc) is 2.72. The van der Waals surface area contributed by atoms with E-state index in [2.05, 4.69) is 10.6 Å². The highest BCUT2D eigenvalue weighted by Gasteiger charge is 2.13. The minimum Gasteiger partial charge on any atom is -0.334 e. The van der Waals surface area contributed by atoms with E-state index < -0.39 is 0 Å². The predicted octanol–water partition coefficient (Wildman–Crippen LogP) is 5.25. The standard InChI is InChI=1S/C23H22ClN3O2/c1-16-4-3-5-17(14-16)15-25-23(29)26-20-10-12-21(13-11-20)27(2)22(28)18-6-8-19(24)9-7-18/h3-14H,15H2,1-2H3,(H2,25,26,29). The smallest absolute Gasteiger partial charge is 0.319 e. The van der Waals surface area contributed by atoms with Crippen molar-refractivity contribution < 1.29 is 9.59 Å². The minimum atomic E-state index is -0.287. The molecule has 6 heteroatoms. The summed E-state index contributed by atoms with van der Waals surface area (Å²) in [7, 11) is 1.70. The number of hydrogen-bond acceptors (Lipinski definition) is 2. The van der Waals surface area contributed by atoms with Crippen molar-refractivity contribution in [3.63, 3.8) is 0 Å². The van der Waals surface area contributed by atoms with Crippen LogP contribution in [-0.2, 0) is 6.54 Å². The van der Waals surface area contributed by atoms with Crippen LogP contribution in [0.2, 0.25) is 5.02 Å². The van der Waals surface area contributed by atoms with Crippen molar-refractivity contribution in [1.29, 1.82) is 0 Å². The van der Waals surface area contributed by atoms with Crippen LogP contribution in [0.1, 0.15) is 21.5 Å². The fourth-order valence-electron chi connectivity index (χ4n) is 2.85. The molecule has 0 heterocycles. The molecule has 29 heavy (non-hydrogen) atoms. The van der Waals surface area contributed by atoms with Gasteiger partial charge in [-0.05, 0) is 61.0 Å². The number of amides is 3. The molecule has 0 radical (unpaired) electrons. The second kappa shape index (κ2) is 9.26. The van der Waals surface area contributed by atoms with Crippen molar-refractivity contribution in [3.05, 3.63) is 94.5 Å². The number of carbonyl (C=O) groups is 2. The number of benzene rings is 3. The molecule has 148 valence electrons. The predicted molar refractivity (Wildman–Crippen MR) is 118 cm³/mol. The van der Waals surface area contributed by atoms with Gasteiger partial charge in [-0.3, -0.25) is 4.79 Å². The van der Waals surface area contributed by atoms with Gasteiger partial charge >= 0.3 is 6.03 Å². The Balaban J connectivity index is 1.57. The van der Waals surface area contributed by atoms with Gasteiger partial charge in [0.05, 0.1) is 0 Å². The Hall–Kier alpha value is -3.31. The van der Waals surface area contributed by atoms with Crippen LogP contribution in [0.4, 0.5) is 16.2 Å². The molecule has 0 aliphatic rings.